The first kappa shape index (κ1) is 21.7. The Kier molecular flexibility index (Phi) is 6.05. The van der Waals surface area contributed by atoms with Crippen molar-refractivity contribution in [3.05, 3.63) is 65.0 Å². The largest absolute Gasteiger partial charge is 0.493 e. The number of ketones is 2. The Balaban J connectivity index is 1.56. The summed E-state index contributed by atoms with van der Waals surface area (Å²) in [4.78, 5) is 25.7. The Morgan fingerprint density at radius 3 is 2.53 bits per heavy atom. The van der Waals surface area contributed by atoms with Crippen molar-refractivity contribution in [2.45, 2.75) is 12.8 Å². The van der Waals surface area contributed by atoms with Gasteiger partial charge in [0.2, 0.25) is 0 Å². The number of carbonyl (C=O) groups is 2. The highest BCUT2D eigenvalue weighted by molar-refractivity contribution is 7.17. The molecule has 0 saturated heterocycles. The molecular formula is C24H21FN2O4S. The predicted molar refractivity (Wildman–Crippen MR) is 121 cm³/mol. The lowest BCUT2D eigenvalue weighted by molar-refractivity contribution is 0.0914. The lowest BCUT2D eigenvalue weighted by Gasteiger charge is -2.09. The normalized spacial score (nSPS) is 11.0. The molecule has 164 valence electrons. The SMILES string of the molecule is COc1ccc(C(=O)CCC(=O)c2nn(C)cc2-c2csc3c(F)cccc23)cc1OC. The lowest BCUT2D eigenvalue weighted by atomic mass is 9.99. The number of halogens is 1. The minimum atomic E-state index is -0.295. The van der Waals surface area contributed by atoms with Gasteiger partial charge in [-0.05, 0) is 24.3 Å². The number of carbonyl (C=O) groups excluding carboxylic acids is 2. The maximum atomic E-state index is 14.1. The second-order valence-electron chi connectivity index (χ2n) is 7.25. The molecule has 0 bridgehead atoms. The van der Waals surface area contributed by atoms with E-state index in [1.807, 2.05) is 11.4 Å². The van der Waals surface area contributed by atoms with Crippen LogP contribution in [0.15, 0.2) is 48.0 Å². The van der Waals surface area contributed by atoms with E-state index in [9.17, 15) is 14.0 Å². The van der Waals surface area contributed by atoms with Gasteiger partial charge in [0.15, 0.2) is 23.1 Å². The van der Waals surface area contributed by atoms with E-state index in [2.05, 4.69) is 5.10 Å². The third-order valence-corrected chi connectivity index (χ3v) is 6.22. The van der Waals surface area contributed by atoms with E-state index in [0.717, 1.165) is 10.9 Å². The van der Waals surface area contributed by atoms with Crippen molar-refractivity contribution in [2.24, 2.45) is 7.05 Å². The molecule has 2 heterocycles. The number of fused-ring (bicyclic) bond motifs is 1. The maximum Gasteiger partial charge on any atom is 0.184 e. The third kappa shape index (κ3) is 4.01. The molecule has 0 aliphatic carbocycles. The van der Waals surface area contributed by atoms with Crippen LogP contribution in [0.1, 0.15) is 33.7 Å². The molecule has 8 heteroatoms. The van der Waals surface area contributed by atoms with E-state index in [4.69, 9.17) is 9.47 Å². The van der Waals surface area contributed by atoms with E-state index in [1.54, 1.807) is 42.2 Å². The van der Waals surface area contributed by atoms with Gasteiger partial charge in [-0.25, -0.2) is 4.39 Å². The fourth-order valence-corrected chi connectivity index (χ4v) is 4.60. The number of aryl methyl sites for hydroxylation is 1. The summed E-state index contributed by atoms with van der Waals surface area (Å²) in [6.07, 6.45) is 1.78. The number of rotatable bonds is 8. The van der Waals surface area contributed by atoms with Gasteiger partial charge >= 0.3 is 0 Å². The van der Waals surface area contributed by atoms with Crippen LogP contribution in [0.2, 0.25) is 0 Å². The first-order valence-electron chi connectivity index (χ1n) is 9.91. The van der Waals surface area contributed by atoms with Crippen LogP contribution >= 0.6 is 11.3 Å². The summed E-state index contributed by atoms with van der Waals surface area (Å²) < 4.78 is 26.6. The number of thiophene rings is 1. The standard InChI is InChI=1S/C24H21FN2O4S/c1-27-12-16(17-13-32-24-15(17)5-4-6-18(24)25)23(26-27)20(29)9-8-19(28)14-7-10-21(30-2)22(11-14)31-3/h4-7,10-13H,8-9H2,1-3H3. The number of benzene rings is 2. The van der Waals surface area contributed by atoms with E-state index < -0.39 is 0 Å². The minimum absolute atomic E-state index is 0.00756. The van der Waals surface area contributed by atoms with Crippen LogP contribution in [0, 0.1) is 5.82 Å². The van der Waals surface area contributed by atoms with E-state index >= 15 is 0 Å². The van der Waals surface area contributed by atoms with Crippen LogP contribution in [0.4, 0.5) is 4.39 Å². The molecule has 2 aromatic heterocycles. The van der Waals surface area contributed by atoms with Gasteiger partial charge in [0.25, 0.3) is 0 Å². The molecule has 6 nitrogen and oxygen atoms in total. The van der Waals surface area contributed by atoms with Crippen molar-refractivity contribution in [2.75, 3.05) is 14.2 Å². The maximum absolute atomic E-state index is 14.1. The molecule has 0 saturated carbocycles. The number of ether oxygens (including phenoxy) is 2. The second-order valence-corrected chi connectivity index (χ2v) is 8.13. The Hall–Kier alpha value is -3.52. The van der Waals surface area contributed by atoms with Gasteiger partial charge in [0.05, 0.1) is 18.9 Å². The van der Waals surface area contributed by atoms with Gasteiger partial charge in [-0.2, -0.15) is 5.10 Å². The summed E-state index contributed by atoms with van der Waals surface area (Å²) in [5.74, 6) is 0.256. The molecular weight excluding hydrogens is 431 g/mol. The van der Waals surface area contributed by atoms with Crippen molar-refractivity contribution < 1.29 is 23.5 Å². The first-order valence-corrected chi connectivity index (χ1v) is 10.8. The number of aromatic nitrogens is 2. The Bertz CT molecular complexity index is 1330. The molecule has 0 amide bonds. The zero-order chi connectivity index (χ0) is 22.8. The summed E-state index contributed by atoms with van der Waals surface area (Å²) in [7, 11) is 4.75. The van der Waals surface area contributed by atoms with Crippen LogP contribution in [0.3, 0.4) is 0 Å². The van der Waals surface area contributed by atoms with Gasteiger partial charge in [-0.15, -0.1) is 11.3 Å². The molecule has 0 aliphatic rings. The zero-order valence-corrected chi connectivity index (χ0v) is 18.7. The van der Waals surface area contributed by atoms with Crippen molar-refractivity contribution in [3.63, 3.8) is 0 Å². The lowest BCUT2D eigenvalue weighted by Crippen LogP contribution is -2.07. The van der Waals surface area contributed by atoms with Crippen LogP contribution in [-0.2, 0) is 7.05 Å². The van der Waals surface area contributed by atoms with Crippen LogP contribution in [-0.4, -0.2) is 35.6 Å². The van der Waals surface area contributed by atoms with Gasteiger partial charge in [0.1, 0.15) is 11.5 Å². The van der Waals surface area contributed by atoms with Crippen LogP contribution < -0.4 is 9.47 Å². The third-order valence-electron chi connectivity index (χ3n) is 5.22. The average molecular weight is 453 g/mol. The van der Waals surface area contributed by atoms with Crippen molar-refractivity contribution in [3.8, 4) is 22.6 Å². The van der Waals surface area contributed by atoms with E-state index in [-0.39, 0.29) is 35.9 Å². The average Bonchev–Trinajstić information content (AvgIpc) is 3.40. The Morgan fingerprint density at radius 2 is 1.78 bits per heavy atom. The molecule has 4 rings (SSSR count). The van der Waals surface area contributed by atoms with Gasteiger partial charge in [0, 0.05) is 53.5 Å². The summed E-state index contributed by atoms with van der Waals surface area (Å²) >= 11 is 1.29. The topological polar surface area (TPSA) is 70.4 Å². The Labute approximate surface area is 188 Å². The fraction of sp³-hybridized carbons (Fsp3) is 0.208. The molecule has 0 radical (unpaired) electrons. The summed E-state index contributed by atoms with van der Waals surface area (Å²) in [5, 5.41) is 6.89. The van der Waals surface area contributed by atoms with Gasteiger partial charge in [-0.1, -0.05) is 12.1 Å². The van der Waals surface area contributed by atoms with E-state index in [1.165, 1.54) is 31.6 Å². The molecule has 32 heavy (non-hydrogen) atoms. The van der Waals surface area contributed by atoms with Crippen LogP contribution in [0.5, 0.6) is 11.5 Å². The molecule has 0 N–H and O–H groups in total. The number of nitrogens with zero attached hydrogens (tertiary/aromatic N) is 2. The summed E-state index contributed by atoms with van der Waals surface area (Å²) in [6.45, 7) is 0. The predicted octanol–water partition coefficient (Wildman–Crippen LogP) is 5.30. The minimum Gasteiger partial charge on any atom is -0.493 e. The highest BCUT2D eigenvalue weighted by Gasteiger charge is 2.22. The first-order chi connectivity index (χ1) is 15.4. The smallest absolute Gasteiger partial charge is 0.184 e. The van der Waals surface area contributed by atoms with Gasteiger partial charge < -0.3 is 9.47 Å². The monoisotopic (exact) mass is 452 g/mol. The molecule has 0 unspecified atom stereocenters. The molecule has 0 spiro atoms. The number of hydrogen-bond acceptors (Lipinski definition) is 6. The molecule has 0 aliphatic heterocycles. The van der Waals surface area contributed by atoms with Crippen molar-refractivity contribution in [1.29, 1.82) is 0 Å². The summed E-state index contributed by atoms with van der Waals surface area (Å²) in [5.41, 5.74) is 2.10. The quantitative estimate of drug-likeness (QED) is 0.339. The second kappa shape index (κ2) is 8.92. The highest BCUT2D eigenvalue weighted by Crippen LogP contribution is 2.37. The molecule has 0 atom stereocenters. The van der Waals surface area contributed by atoms with E-state index in [0.29, 0.717) is 27.3 Å². The number of Topliss-reactive ketones (excluding diaryl/α,β-unsaturated/α-hetero) is 2. The van der Waals surface area contributed by atoms with Gasteiger partial charge in [-0.3, -0.25) is 14.3 Å². The number of hydrogen-bond donors (Lipinski definition) is 0. The molecule has 0 fully saturated rings. The van der Waals surface area contributed by atoms with Crippen molar-refractivity contribution in [1.82, 2.24) is 9.78 Å². The fourth-order valence-electron chi connectivity index (χ4n) is 3.62. The summed E-state index contributed by atoms with van der Waals surface area (Å²) in [6, 6.07) is 9.79. The number of methoxy groups -OCH3 is 2. The zero-order valence-electron chi connectivity index (χ0n) is 17.8. The van der Waals surface area contributed by atoms with Crippen molar-refractivity contribution >= 4 is 33.0 Å². The highest BCUT2D eigenvalue weighted by atomic mass is 32.1. The molecule has 4 aromatic rings. The Morgan fingerprint density at radius 1 is 1.03 bits per heavy atom. The molecule has 2 aromatic carbocycles. The van der Waals surface area contributed by atoms with Crippen LogP contribution in [0.25, 0.3) is 21.2 Å².